The molecule has 1 aromatic rings. The third-order valence-corrected chi connectivity index (χ3v) is 3.56. The summed E-state index contributed by atoms with van der Waals surface area (Å²) >= 11 is 0. The maximum Gasteiger partial charge on any atom is 0.225 e. The summed E-state index contributed by atoms with van der Waals surface area (Å²) < 4.78 is 0. The maximum atomic E-state index is 12.2. The van der Waals surface area contributed by atoms with Crippen LogP contribution in [0.4, 0.5) is 0 Å². The molecule has 1 saturated carbocycles. The molecule has 0 aliphatic heterocycles. The lowest BCUT2D eigenvalue weighted by molar-refractivity contribution is -0.134. The van der Waals surface area contributed by atoms with Crippen LogP contribution in [-0.4, -0.2) is 35.1 Å². The number of hydrogen-bond donors (Lipinski definition) is 2. The van der Waals surface area contributed by atoms with Gasteiger partial charge >= 0.3 is 0 Å². The molecule has 0 aromatic heterocycles. The van der Waals surface area contributed by atoms with Crippen molar-refractivity contribution in [3.8, 4) is 0 Å². The van der Waals surface area contributed by atoms with Gasteiger partial charge in [-0.25, -0.2) is 0 Å². The predicted octanol–water partition coefficient (Wildman–Crippen LogP) is 0.743. The van der Waals surface area contributed by atoms with E-state index in [1.54, 1.807) is 11.9 Å². The van der Waals surface area contributed by atoms with Gasteiger partial charge in [0.25, 0.3) is 0 Å². The smallest absolute Gasteiger partial charge is 0.225 e. The van der Waals surface area contributed by atoms with E-state index in [0.717, 1.165) is 5.56 Å². The molecule has 0 bridgehead atoms. The molecule has 1 aliphatic rings. The van der Waals surface area contributed by atoms with Crippen molar-refractivity contribution in [2.45, 2.75) is 31.5 Å². The molecule has 0 saturated heterocycles. The summed E-state index contributed by atoms with van der Waals surface area (Å²) in [6.45, 7) is 0.599. The van der Waals surface area contributed by atoms with Crippen LogP contribution < -0.4 is 5.73 Å². The Morgan fingerprint density at radius 3 is 2.61 bits per heavy atom. The van der Waals surface area contributed by atoms with Crippen LogP contribution in [0, 0.1) is 5.92 Å². The number of aliphatic hydroxyl groups is 1. The highest BCUT2D eigenvalue weighted by Gasteiger charge is 2.35. The summed E-state index contributed by atoms with van der Waals surface area (Å²) in [7, 11) is 1.80. The van der Waals surface area contributed by atoms with Gasteiger partial charge < -0.3 is 15.7 Å². The fourth-order valence-corrected chi connectivity index (χ4v) is 2.50. The highest BCUT2D eigenvalue weighted by Crippen LogP contribution is 2.26. The molecule has 0 spiro atoms. The van der Waals surface area contributed by atoms with Crippen LogP contribution in [0.5, 0.6) is 0 Å². The Kier molecular flexibility index (Phi) is 3.99. The van der Waals surface area contributed by atoms with Crippen LogP contribution in [0.15, 0.2) is 30.3 Å². The molecule has 4 heteroatoms. The topological polar surface area (TPSA) is 66.6 Å². The molecular weight excluding hydrogens is 228 g/mol. The Morgan fingerprint density at radius 1 is 1.39 bits per heavy atom. The van der Waals surface area contributed by atoms with Gasteiger partial charge in [-0.3, -0.25) is 4.79 Å². The Bertz CT molecular complexity index is 398. The number of amides is 1. The molecular formula is C14H20N2O2. The molecule has 98 valence electrons. The van der Waals surface area contributed by atoms with Crippen LogP contribution in [0.3, 0.4) is 0 Å². The van der Waals surface area contributed by atoms with Crippen LogP contribution in [0.25, 0.3) is 0 Å². The number of benzene rings is 1. The molecule has 0 radical (unpaired) electrons. The normalized spacial score (nSPS) is 27.2. The Balaban J connectivity index is 1.93. The van der Waals surface area contributed by atoms with Gasteiger partial charge in [0.1, 0.15) is 0 Å². The summed E-state index contributed by atoms with van der Waals surface area (Å²) in [5, 5.41) is 9.59. The van der Waals surface area contributed by atoms with Crippen molar-refractivity contribution in [2.75, 3.05) is 7.05 Å². The third kappa shape index (κ3) is 2.89. The lowest BCUT2D eigenvalue weighted by Gasteiger charge is -2.21. The van der Waals surface area contributed by atoms with Crippen molar-refractivity contribution in [1.82, 2.24) is 4.90 Å². The standard InChI is InChI=1S/C14H20N2O2/c1-16(9-10-5-3-2-4-6-10)14(18)11-7-12(15)13(17)8-11/h2-6,11-13,17H,7-9,15H2,1H3/t11-,12+,13+/m0/s1. The zero-order chi connectivity index (χ0) is 13.1. The fraction of sp³-hybridized carbons (Fsp3) is 0.500. The number of carbonyl (C=O) groups is 1. The molecule has 1 aliphatic carbocycles. The predicted molar refractivity (Wildman–Crippen MR) is 69.6 cm³/mol. The lowest BCUT2D eigenvalue weighted by Crippen LogP contribution is -2.32. The first-order chi connectivity index (χ1) is 8.58. The quantitative estimate of drug-likeness (QED) is 0.829. The van der Waals surface area contributed by atoms with E-state index in [0.29, 0.717) is 19.4 Å². The Labute approximate surface area is 107 Å². The Morgan fingerprint density at radius 2 is 2.06 bits per heavy atom. The molecule has 18 heavy (non-hydrogen) atoms. The number of nitrogens with zero attached hydrogens (tertiary/aromatic N) is 1. The second-order valence-electron chi connectivity index (χ2n) is 5.08. The van der Waals surface area contributed by atoms with E-state index in [1.165, 1.54) is 0 Å². The minimum Gasteiger partial charge on any atom is -0.391 e. The van der Waals surface area contributed by atoms with Gasteiger partial charge in [0.05, 0.1) is 6.10 Å². The molecule has 3 N–H and O–H groups in total. The first kappa shape index (κ1) is 13.1. The van der Waals surface area contributed by atoms with E-state index >= 15 is 0 Å². The van der Waals surface area contributed by atoms with Gasteiger partial charge in [-0.15, -0.1) is 0 Å². The SMILES string of the molecule is CN(Cc1ccccc1)C(=O)[C@H]1C[C@@H](N)[C@H](O)C1. The third-order valence-electron chi connectivity index (χ3n) is 3.56. The van der Waals surface area contributed by atoms with E-state index in [-0.39, 0.29) is 17.9 Å². The average molecular weight is 248 g/mol. The van der Waals surface area contributed by atoms with Gasteiger partial charge in [-0.05, 0) is 18.4 Å². The monoisotopic (exact) mass is 248 g/mol. The van der Waals surface area contributed by atoms with Crippen LogP contribution >= 0.6 is 0 Å². The van der Waals surface area contributed by atoms with Crippen LogP contribution in [0.1, 0.15) is 18.4 Å². The second kappa shape index (κ2) is 5.50. The zero-order valence-electron chi connectivity index (χ0n) is 10.6. The molecule has 1 aromatic carbocycles. The molecule has 0 heterocycles. The number of nitrogens with two attached hydrogens (primary N) is 1. The minimum absolute atomic E-state index is 0.0749. The highest BCUT2D eigenvalue weighted by molar-refractivity contribution is 5.79. The summed E-state index contributed by atoms with van der Waals surface area (Å²) in [6, 6.07) is 9.62. The van der Waals surface area contributed by atoms with E-state index in [2.05, 4.69) is 0 Å². The van der Waals surface area contributed by atoms with Gasteiger partial charge in [0, 0.05) is 25.6 Å². The summed E-state index contributed by atoms with van der Waals surface area (Å²) in [5.41, 5.74) is 6.85. The van der Waals surface area contributed by atoms with Crippen LogP contribution in [-0.2, 0) is 11.3 Å². The summed E-state index contributed by atoms with van der Waals surface area (Å²) in [6.07, 6.45) is 0.530. The zero-order valence-corrected chi connectivity index (χ0v) is 10.6. The van der Waals surface area contributed by atoms with Crippen molar-refractivity contribution in [1.29, 1.82) is 0 Å². The van der Waals surface area contributed by atoms with E-state index in [9.17, 15) is 9.90 Å². The molecule has 1 amide bonds. The molecule has 0 unspecified atom stereocenters. The molecule has 3 atom stereocenters. The van der Waals surface area contributed by atoms with Crippen molar-refractivity contribution in [3.63, 3.8) is 0 Å². The first-order valence-electron chi connectivity index (χ1n) is 6.30. The lowest BCUT2D eigenvalue weighted by atomic mass is 10.1. The van der Waals surface area contributed by atoms with Gasteiger partial charge in [-0.1, -0.05) is 30.3 Å². The Hall–Kier alpha value is -1.39. The van der Waals surface area contributed by atoms with Gasteiger partial charge in [-0.2, -0.15) is 0 Å². The van der Waals surface area contributed by atoms with E-state index in [1.807, 2.05) is 30.3 Å². The van der Waals surface area contributed by atoms with Crippen molar-refractivity contribution >= 4 is 5.91 Å². The number of rotatable bonds is 3. The van der Waals surface area contributed by atoms with Gasteiger partial charge in [0.2, 0.25) is 5.91 Å². The number of aliphatic hydroxyl groups excluding tert-OH is 1. The summed E-state index contributed by atoms with van der Waals surface area (Å²) in [4.78, 5) is 13.9. The fourth-order valence-electron chi connectivity index (χ4n) is 2.50. The molecule has 2 rings (SSSR count). The van der Waals surface area contributed by atoms with E-state index in [4.69, 9.17) is 5.73 Å². The highest BCUT2D eigenvalue weighted by atomic mass is 16.3. The van der Waals surface area contributed by atoms with Gasteiger partial charge in [0.15, 0.2) is 0 Å². The number of carbonyl (C=O) groups excluding carboxylic acids is 1. The molecule has 1 fully saturated rings. The van der Waals surface area contributed by atoms with Crippen molar-refractivity contribution in [3.05, 3.63) is 35.9 Å². The first-order valence-corrected chi connectivity index (χ1v) is 6.30. The second-order valence-corrected chi connectivity index (χ2v) is 5.08. The largest absolute Gasteiger partial charge is 0.391 e. The molecule has 4 nitrogen and oxygen atoms in total. The summed E-state index contributed by atoms with van der Waals surface area (Å²) in [5.74, 6) is -0.0606. The van der Waals surface area contributed by atoms with Crippen molar-refractivity contribution in [2.24, 2.45) is 11.7 Å². The average Bonchev–Trinajstić information content (AvgIpc) is 2.70. The van der Waals surface area contributed by atoms with Crippen molar-refractivity contribution < 1.29 is 9.90 Å². The van der Waals surface area contributed by atoms with E-state index < -0.39 is 6.10 Å². The maximum absolute atomic E-state index is 12.2. The minimum atomic E-state index is -0.538. The number of hydrogen-bond acceptors (Lipinski definition) is 3. The van der Waals surface area contributed by atoms with Crippen LogP contribution in [0.2, 0.25) is 0 Å².